The zero-order valence-electron chi connectivity index (χ0n) is 12.1. The highest BCUT2D eigenvalue weighted by molar-refractivity contribution is 7.10. The fourth-order valence-electron chi connectivity index (χ4n) is 3.64. The maximum Gasteiger partial charge on any atom is 0.0469 e. The van der Waals surface area contributed by atoms with Crippen molar-refractivity contribution >= 4 is 11.3 Å². The lowest BCUT2D eigenvalue weighted by molar-refractivity contribution is 0.117. The van der Waals surface area contributed by atoms with Gasteiger partial charge in [-0.25, -0.2) is 0 Å². The summed E-state index contributed by atoms with van der Waals surface area (Å²) in [4.78, 5) is 4.29. The van der Waals surface area contributed by atoms with E-state index in [-0.39, 0.29) is 0 Å². The molecule has 0 bridgehead atoms. The Bertz CT molecular complexity index is 377. The molecule has 3 rings (SSSR count). The second-order valence-corrected chi connectivity index (χ2v) is 7.24. The minimum atomic E-state index is 0.691. The van der Waals surface area contributed by atoms with Crippen LogP contribution in [0.4, 0.5) is 0 Å². The molecule has 2 saturated carbocycles. The van der Waals surface area contributed by atoms with Gasteiger partial charge in [-0.3, -0.25) is 4.90 Å². The van der Waals surface area contributed by atoms with E-state index in [0.717, 1.165) is 18.0 Å². The lowest BCUT2D eigenvalue weighted by atomic mass is 9.89. The van der Waals surface area contributed by atoms with Crippen LogP contribution in [0.15, 0.2) is 17.5 Å². The number of hydrogen-bond donors (Lipinski definition) is 1. The average molecular weight is 278 g/mol. The van der Waals surface area contributed by atoms with Gasteiger partial charge in [-0.1, -0.05) is 6.07 Å². The lowest BCUT2D eigenvalue weighted by Gasteiger charge is -2.39. The normalized spacial score (nSPS) is 29.6. The topological polar surface area (TPSA) is 15.3 Å². The van der Waals surface area contributed by atoms with Gasteiger partial charge in [-0.15, -0.1) is 11.3 Å². The Morgan fingerprint density at radius 1 is 1.21 bits per heavy atom. The largest absolute Gasteiger partial charge is 0.317 e. The molecule has 19 heavy (non-hydrogen) atoms. The van der Waals surface area contributed by atoms with Crippen LogP contribution in [0.2, 0.25) is 0 Å². The molecule has 0 amide bonds. The van der Waals surface area contributed by atoms with Crippen LogP contribution < -0.4 is 5.32 Å². The van der Waals surface area contributed by atoms with Crippen LogP contribution in [-0.2, 0) is 0 Å². The van der Waals surface area contributed by atoms with E-state index in [9.17, 15) is 0 Å². The van der Waals surface area contributed by atoms with Crippen molar-refractivity contribution in [1.29, 1.82) is 0 Å². The summed E-state index contributed by atoms with van der Waals surface area (Å²) in [6, 6.07) is 6.78. The SMILES string of the molecule is CNC1CCC(N(C)C(c2cccs2)C2CC2)CC1. The van der Waals surface area contributed by atoms with E-state index in [0.29, 0.717) is 6.04 Å². The molecule has 2 aliphatic carbocycles. The molecular formula is C16H26N2S. The first-order valence-corrected chi connectivity index (χ1v) is 8.60. The molecule has 106 valence electrons. The van der Waals surface area contributed by atoms with Gasteiger partial charge in [0.05, 0.1) is 0 Å². The first-order chi connectivity index (χ1) is 9.29. The standard InChI is InChI=1S/C16H26N2S/c1-17-13-7-9-14(10-8-13)18(2)16(12-5-6-12)15-4-3-11-19-15/h3-4,11-14,16-17H,5-10H2,1-2H3. The molecular weight excluding hydrogens is 252 g/mol. The Kier molecular flexibility index (Phi) is 4.25. The molecule has 1 unspecified atom stereocenters. The van der Waals surface area contributed by atoms with Crippen LogP contribution >= 0.6 is 11.3 Å². The highest BCUT2D eigenvalue weighted by Gasteiger charge is 2.38. The fraction of sp³-hybridized carbons (Fsp3) is 0.750. The summed E-state index contributed by atoms with van der Waals surface area (Å²) in [5.41, 5.74) is 0. The van der Waals surface area contributed by atoms with Gasteiger partial charge in [0.15, 0.2) is 0 Å². The molecule has 1 aromatic heterocycles. The Hall–Kier alpha value is -0.380. The second-order valence-electron chi connectivity index (χ2n) is 6.26. The van der Waals surface area contributed by atoms with E-state index in [4.69, 9.17) is 0 Å². The van der Waals surface area contributed by atoms with Crippen molar-refractivity contribution in [3.63, 3.8) is 0 Å². The van der Waals surface area contributed by atoms with E-state index in [1.165, 1.54) is 38.5 Å². The summed E-state index contributed by atoms with van der Waals surface area (Å²) in [5.74, 6) is 0.922. The summed E-state index contributed by atoms with van der Waals surface area (Å²) < 4.78 is 0. The highest BCUT2D eigenvalue weighted by atomic mass is 32.1. The monoisotopic (exact) mass is 278 g/mol. The first kappa shape index (κ1) is 13.6. The quantitative estimate of drug-likeness (QED) is 0.884. The molecule has 0 radical (unpaired) electrons. The van der Waals surface area contributed by atoms with E-state index in [2.05, 4.69) is 41.8 Å². The molecule has 0 saturated heterocycles. The molecule has 1 heterocycles. The lowest BCUT2D eigenvalue weighted by Crippen LogP contribution is -2.41. The number of thiophene rings is 1. The van der Waals surface area contributed by atoms with Gasteiger partial charge in [0.2, 0.25) is 0 Å². The van der Waals surface area contributed by atoms with E-state index in [1.807, 2.05) is 11.3 Å². The van der Waals surface area contributed by atoms with Crippen LogP contribution in [-0.4, -0.2) is 31.1 Å². The number of rotatable bonds is 5. The molecule has 1 atom stereocenters. The van der Waals surface area contributed by atoms with Crippen LogP contribution in [0.3, 0.4) is 0 Å². The fourth-order valence-corrected chi connectivity index (χ4v) is 4.61. The van der Waals surface area contributed by atoms with Gasteiger partial charge < -0.3 is 5.32 Å². The van der Waals surface area contributed by atoms with Crippen LogP contribution in [0.5, 0.6) is 0 Å². The van der Waals surface area contributed by atoms with Gasteiger partial charge in [0.1, 0.15) is 0 Å². The predicted octanol–water partition coefficient (Wildman–Crippen LogP) is 3.66. The molecule has 0 aliphatic heterocycles. The van der Waals surface area contributed by atoms with E-state index in [1.54, 1.807) is 4.88 Å². The number of nitrogens with zero attached hydrogens (tertiary/aromatic N) is 1. The van der Waals surface area contributed by atoms with E-state index >= 15 is 0 Å². The molecule has 2 aliphatic rings. The van der Waals surface area contributed by atoms with Crippen molar-refractivity contribution < 1.29 is 0 Å². The number of hydrogen-bond acceptors (Lipinski definition) is 3. The van der Waals surface area contributed by atoms with Gasteiger partial charge >= 0.3 is 0 Å². The summed E-state index contributed by atoms with van der Waals surface area (Å²) in [6.45, 7) is 0. The third-order valence-corrected chi connectivity index (χ3v) is 5.97. The van der Waals surface area contributed by atoms with Crippen LogP contribution in [0, 0.1) is 5.92 Å². The number of nitrogens with one attached hydrogen (secondary N) is 1. The Morgan fingerprint density at radius 3 is 2.47 bits per heavy atom. The second kappa shape index (κ2) is 5.94. The highest BCUT2D eigenvalue weighted by Crippen LogP contribution is 2.47. The average Bonchev–Trinajstić information content (AvgIpc) is 3.13. The summed E-state index contributed by atoms with van der Waals surface area (Å²) in [7, 11) is 4.47. The van der Waals surface area contributed by atoms with Gasteiger partial charge in [0.25, 0.3) is 0 Å². The summed E-state index contributed by atoms with van der Waals surface area (Å²) in [5, 5.41) is 5.67. The summed E-state index contributed by atoms with van der Waals surface area (Å²) in [6.07, 6.45) is 8.26. The summed E-state index contributed by atoms with van der Waals surface area (Å²) >= 11 is 1.94. The van der Waals surface area contributed by atoms with Crippen molar-refractivity contribution in [2.75, 3.05) is 14.1 Å². The van der Waals surface area contributed by atoms with Crippen molar-refractivity contribution in [2.24, 2.45) is 5.92 Å². The van der Waals surface area contributed by atoms with E-state index < -0.39 is 0 Å². The minimum Gasteiger partial charge on any atom is -0.317 e. The predicted molar refractivity (Wildman–Crippen MR) is 82.7 cm³/mol. The van der Waals surface area contributed by atoms with Crippen molar-refractivity contribution in [3.8, 4) is 0 Å². The maximum atomic E-state index is 3.44. The van der Waals surface area contributed by atoms with Crippen molar-refractivity contribution in [1.82, 2.24) is 10.2 Å². The van der Waals surface area contributed by atoms with Crippen LogP contribution in [0.25, 0.3) is 0 Å². The van der Waals surface area contributed by atoms with Crippen LogP contribution in [0.1, 0.15) is 49.4 Å². The molecule has 0 spiro atoms. The molecule has 2 fully saturated rings. The maximum absolute atomic E-state index is 3.44. The van der Waals surface area contributed by atoms with Crippen molar-refractivity contribution in [3.05, 3.63) is 22.4 Å². The molecule has 0 aromatic carbocycles. The third-order valence-electron chi connectivity index (χ3n) is 5.02. The first-order valence-electron chi connectivity index (χ1n) is 7.72. The van der Waals surface area contributed by atoms with Gasteiger partial charge in [0, 0.05) is 23.0 Å². The minimum absolute atomic E-state index is 0.691. The smallest absolute Gasteiger partial charge is 0.0469 e. The zero-order chi connectivity index (χ0) is 13.2. The Labute approximate surface area is 121 Å². The Balaban J connectivity index is 1.66. The molecule has 3 heteroatoms. The van der Waals surface area contributed by atoms with Gasteiger partial charge in [-0.2, -0.15) is 0 Å². The molecule has 1 N–H and O–H groups in total. The Morgan fingerprint density at radius 2 is 1.95 bits per heavy atom. The molecule has 2 nitrogen and oxygen atoms in total. The van der Waals surface area contributed by atoms with Crippen molar-refractivity contribution in [2.45, 2.75) is 56.7 Å². The van der Waals surface area contributed by atoms with Gasteiger partial charge in [-0.05, 0) is 70.0 Å². The third kappa shape index (κ3) is 3.04. The molecule has 1 aromatic rings. The zero-order valence-corrected chi connectivity index (χ0v) is 13.0.